The molecule has 94 valence electrons. The second-order valence-corrected chi connectivity index (χ2v) is 4.40. The minimum atomic E-state index is 0.843. The summed E-state index contributed by atoms with van der Waals surface area (Å²) in [6.45, 7) is 7.21. The van der Waals surface area contributed by atoms with Crippen molar-refractivity contribution in [2.24, 2.45) is 5.73 Å². The number of nitrogens with one attached hydrogen (secondary N) is 1. The van der Waals surface area contributed by atoms with Crippen molar-refractivity contribution in [2.45, 2.75) is 19.8 Å². The van der Waals surface area contributed by atoms with Crippen molar-refractivity contribution in [2.75, 3.05) is 20.6 Å². The van der Waals surface area contributed by atoms with Gasteiger partial charge in [0, 0.05) is 24.9 Å². The average molecular weight is 233 g/mol. The quantitative estimate of drug-likeness (QED) is 0.690. The molecular weight excluding hydrogens is 210 g/mol. The van der Waals surface area contributed by atoms with E-state index in [-0.39, 0.29) is 0 Å². The first kappa shape index (κ1) is 13.6. The van der Waals surface area contributed by atoms with Gasteiger partial charge in [-0.25, -0.2) is 0 Å². The molecule has 0 atom stereocenters. The van der Waals surface area contributed by atoms with E-state index in [0.717, 1.165) is 36.5 Å². The van der Waals surface area contributed by atoms with Crippen molar-refractivity contribution in [3.05, 3.63) is 47.5 Å². The van der Waals surface area contributed by atoms with Crippen LogP contribution in [-0.2, 0) is 0 Å². The topological polar surface area (TPSA) is 41.3 Å². The first-order chi connectivity index (χ1) is 8.06. The highest BCUT2D eigenvalue weighted by molar-refractivity contribution is 5.34. The van der Waals surface area contributed by atoms with Crippen LogP contribution in [0.4, 0.5) is 0 Å². The van der Waals surface area contributed by atoms with Crippen molar-refractivity contribution in [3.8, 4) is 0 Å². The third-order valence-corrected chi connectivity index (χ3v) is 2.96. The summed E-state index contributed by atoms with van der Waals surface area (Å²) in [6, 6.07) is 0. The first-order valence-electron chi connectivity index (χ1n) is 5.95. The predicted molar refractivity (Wildman–Crippen MR) is 74.2 cm³/mol. The van der Waals surface area contributed by atoms with Gasteiger partial charge in [-0.05, 0) is 39.1 Å². The predicted octanol–water partition coefficient (Wildman–Crippen LogP) is 2.12. The Bertz CT molecular complexity index is 375. The Morgan fingerprint density at radius 1 is 1.65 bits per heavy atom. The normalized spacial score (nSPS) is 15.6. The molecule has 1 rings (SSSR count). The van der Waals surface area contributed by atoms with E-state index >= 15 is 0 Å². The van der Waals surface area contributed by atoms with E-state index in [0.29, 0.717) is 0 Å². The molecule has 3 heteroatoms. The molecule has 3 nitrogen and oxygen atoms in total. The highest BCUT2D eigenvalue weighted by atomic mass is 15.1. The van der Waals surface area contributed by atoms with E-state index in [1.807, 2.05) is 20.2 Å². The van der Waals surface area contributed by atoms with E-state index in [4.69, 9.17) is 5.73 Å². The molecule has 1 aliphatic rings. The minimum Gasteiger partial charge on any atom is -0.397 e. The van der Waals surface area contributed by atoms with E-state index in [9.17, 15) is 0 Å². The minimum absolute atomic E-state index is 0.843. The van der Waals surface area contributed by atoms with Crippen LogP contribution in [-0.4, -0.2) is 25.5 Å². The maximum atomic E-state index is 5.91. The summed E-state index contributed by atoms with van der Waals surface area (Å²) in [5.41, 5.74) is 10.2. The number of nitrogens with zero attached hydrogens (tertiary/aromatic N) is 1. The van der Waals surface area contributed by atoms with E-state index in [1.54, 1.807) is 0 Å². The monoisotopic (exact) mass is 233 g/mol. The van der Waals surface area contributed by atoms with Gasteiger partial charge >= 0.3 is 0 Å². The Kier molecular flexibility index (Phi) is 5.04. The van der Waals surface area contributed by atoms with Crippen molar-refractivity contribution in [1.29, 1.82) is 0 Å². The molecule has 0 spiro atoms. The summed E-state index contributed by atoms with van der Waals surface area (Å²) in [5.74, 6) is 0. The van der Waals surface area contributed by atoms with Crippen molar-refractivity contribution in [3.63, 3.8) is 0 Å². The van der Waals surface area contributed by atoms with Gasteiger partial charge in [-0.2, -0.15) is 0 Å². The van der Waals surface area contributed by atoms with Crippen LogP contribution in [0.5, 0.6) is 0 Å². The summed E-state index contributed by atoms with van der Waals surface area (Å²) in [5, 5.41) is 3.14. The SMILES string of the molecule is C=C(/C=C(/C)CCNC)N(C)C1=C(N)C=CC1. The number of hydrogen-bond donors (Lipinski definition) is 2. The fraction of sp³-hybridized carbons (Fsp3) is 0.429. The summed E-state index contributed by atoms with van der Waals surface area (Å²) in [6.07, 6.45) is 8.08. The van der Waals surface area contributed by atoms with Crippen molar-refractivity contribution < 1.29 is 0 Å². The van der Waals surface area contributed by atoms with Gasteiger partial charge in [0.15, 0.2) is 0 Å². The molecule has 3 N–H and O–H groups in total. The van der Waals surface area contributed by atoms with Crippen molar-refractivity contribution >= 4 is 0 Å². The van der Waals surface area contributed by atoms with Gasteiger partial charge in [-0.15, -0.1) is 0 Å². The molecule has 0 aliphatic heterocycles. The molecule has 0 saturated heterocycles. The van der Waals surface area contributed by atoms with Gasteiger partial charge in [0.05, 0.1) is 5.70 Å². The third-order valence-electron chi connectivity index (χ3n) is 2.96. The molecule has 0 unspecified atom stereocenters. The molecule has 0 fully saturated rings. The van der Waals surface area contributed by atoms with Crippen LogP contribution in [0.3, 0.4) is 0 Å². The van der Waals surface area contributed by atoms with Gasteiger partial charge in [-0.3, -0.25) is 0 Å². The van der Waals surface area contributed by atoms with Crippen LogP contribution in [0.25, 0.3) is 0 Å². The largest absolute Gasteiger partial charge is 0.397 e. The zero-order valence-electron chi connectivity index (χ0n) is 11.1. The fourth-order valence-electron chi connectivity index (χ4n) is 1.79. The maximum absolute atomic E-state index is 5.91. The van der Waals surface area contributed by atoms with Gasteiger partial charge in [0.1, 0.15) is 0 Å². The molecular formula is C14H23N3. The fourth-order valence-corrected chi connectivity index (χ4v) is 1.79. The van der Waals surface area contributed by atoms with Crippen LogP contribution in [0, 0.1) is 0 Å². The van der Waals surface area contributed by atoms with Gasteiger partial charge in [0.2, 0.25) is 0 Å². The van der Waals surface area contributed by atoms with Crippen molar-refractivity contribution in [1.82, 2.24) is 10.2 Å². The summed E-state index contributed by atoms with van der Waals surface area (Å²) < 4.78 is 0. The van der Waals surface area contributed by atoms with Crippen LogP contribution in [0.2, 0.25) is 0 Å². The molecule has 1 aliphatic carbocycles. The van der Waals surface area contributed by atoms with E-state index in [2.05, 4.69) is 35.9 Å². The van der Waals surface area contributed by atoms with Crippen LogP contribution < -0.4 is 11.1 Å². The Morgan fingerprint density at radius 3 is 2.88 bits per heavy atom. The third kappa shape index (κ3) is 3.79. The molecule has 0 aromatic rings. The highest BCUT2D eigenvalue weighted by Gasteiger charge is 2.12. The Hall–Kier alpha value is -1.48. The molecule has 0 aromatic heterocycles. The Morgan fingerprint density at radius 2 is 2.35 bits per heavy atom. The lowest BCUT2D eigenvalue weighted by Crippen LogP contribution is -2.18. The van der Waals surface area contributed by atoms with Crippen LogP contribution >= 0.6 is 0 Å². The number of likely N-dealkylation sites (N-methyl/N-ethyl adjacent to an activating group) is 1. The molecule has 0 aromatic carbocycles. The summed E-state index contributed by atoms with van der Waals surface area (Å²) in [4.78, 5) is 2.07. The lowest BCUT2D eigenvalue weighted by atomic mass is 10.1. The lowest BCUT2D eigenvalue weighted by Gasteiger charge is -2.22. The van der Waals surface area contributed by atoms with Crippen LogP contribution in [0.15, 0.2) is 47.5 Å². The zero-order valence-corrected chi connectivity index (χ0v) is 11.1. The van der Waals surface area contributed by atoms with Gasteiger partial charge in [-0.1, -0.05) is 18.2 Å². The summed E-state index contributed by atoms with van der Waals surface area (Å²) >= 11 is 0. The van der Waals surface area contributed by atoms with Gasteiger partial charge < -0.3 is 16.0 Å². The zero-order chi connectivity index (χ0) is 12.8. The highest BCUT2D eigenvalue weighted by Crippen LogP contribution is 2.22. The molecule has 0 bridgehead atoms. The number of nitrogens with two attached hydrogens (primary N) is 1. The molecule has 0 radical (unpaired) electrons. The van der Waals surface area contributed by atoms with Gasteiger partial charge in [0.25, 0.3) is 0 Å². The van der Waals surface area contributed by atoms with E-state index < -0.39 is 0 Å². The number of allylic oxidation sites excluding steroid dienone is 3. The standard InChI is InChI=1S/C14H23N3/c1-11(8-9-16-3)10-12(2)17(4)14-7-5-6-13(14)15/h5-6,10,16H,2,7-9,15H2,1,3-4H3/b11-10-. The van der Waals surface area contributed by atoms with Crippen LogP contribution in [0.1, 0.15) is 19.8 Å². The lowest BCUT2D eigenvalue weighted by molar-refractivity contribution is 0.523. The Labute approximate surface area is 104 Å². The summed E-state index contributed by atoms with van der Waals surface area (Å²) in [7, 11) is 3.98. The van der Waals surface area contributed by atoms with E-state index in [1.165, 1.54) is 5.57 Å². The molecule has 17 heavy (non-hydrogen) atoms. The average Bonchev–Trinajstić information content (AvgIpc) is 2.71. The number of hydrogen-bond acceptors (Lipinski definition) is 3. The Balaban J connectivity index is 2.62. The second-order valence-electron chi connectivity index (χ2n) is 4.40. The maximum Gasteiger partial charge on any atom is 0.0512 e. The second kappa shape index (κ2) is 6.30. The smallest absolute Gasteiger partial charge is 0.0512 e. The molecule has 0 saturated carbocycles. The molecule has 0 amide bonds. The molecule has 0 heterocycles. The first-order valence-corrected chi connectivity index (χ1v) is 5.95. The number of rotatable bonds is 6.